The molecule has 2 N–H and O–H groups in total. The highest BCUT2D eigenvalue weighted by Gasteiger charge is 2.25. The van der Waals surface area contributed by atoms with Crippen LogP contribution < -0.4 is 10.6 Å². The van der Waals surface area contributed by atoms with Gasteiger partial charge in [0.15, 0.2) is 0 Å². The number of piperidine rings is 1. The zero-order chi connectivity index (χ0) is 23.1. The second-order valence-electron chi connectivity index (χ2n) is 8.37. The SMILES string of the molecule is Cc1cc(NC(=O)NCCN2CCC(N(C)C(=O)Cc3ccccc3Cl)CC2)cc(C)n1. The van der Waals surface area contributed by atoms with Gasteiger partial charge in [0.1, 0.15) is 0 Å². The molecular weight excluding hydrogens is 426 g/mol. The van der Waals surface area contributed by atoms with Gasteiger partial charge in [-0.2, -0.15) is 0 Å². The van der Waals surface area contributed by atoms with Crippen LogP contribution in [0, 0.1) is 13.8 Å². The maximum atomic E-state index is 12.7. The minimum Gasteiger partial charge on any atom is -0.342 e. The van der Waals surface area contributed by atoms with E-state index in [1.54, 1.807) is 0 Å². The molecule has 0 atom stereocenters. The molecule has 3 rings (SSSR count). The first-order valence-electron chi connectivity index (χ1n) is 11.0. The van der Waals surface area contributed by atoms with Gasteiger partial charge in [0.2, 0.25) is 5.91 Å². The molecule has 172 valence electrons. The van der Waals surface area contributed by atoms with Crippen LogP contribution in [0.15, 0.2) is 36.4 Å². The lowest BCUT2D eigenvalue weighted by Crippen LogP contribution is -2.47. The number of benzene rings is 1. The van der Waals surface area contributed by atoms with E-state index in [0.717, 1.165) is 55.1 Å². The molecule has 1 fully saturated rings. The van der Waals surface area contributed by atoms with Crippen LogP contribution in [-0.4, -0.2) is 66.0 Å². The Labute approximate surface area is 195 Å². The zero-order valence-corrected chi connectivity index (χ0v) is 19.8. The van der Waals surface area contributed by atoms with Crippen LogP contribution in [0.5, 0.6) is 0 Å². The standard InChI is InChI=1S/C24H32ClN5O2/c1-17-14-20(15-18(2)27-17)28-24(32)26-10-13-30-11-8-21(9-12-30)29(3)23(31)16-19-6-4-5-7-22(19)25/h4-7,14-15,21H,8-13,16H2,1-3H3,(H2,26,27,28,32). The van der Waals surface area contributed by atoms with Crippen LogP contribution >= 0.6 is 11.6 Å². The number of halogens is 1. The summed E-state index contributed by atoms with van der Waals surface area (Å²) in [7, 11) is 1.88. The fourth-order valence-electron chi connectivity index (χ4n) is 4.07. The second kappa shape index (κ2) is 11.3. The van der Waals surface area contributed by atoms with Gasteiger partial charge in [-0.3, -0.25) is 9.78 Å². The van der Waals surface area contributed by atoms with Crippen molar-refractivity contribution in [3.05, 3.63) is 58.4 Å². The predicted molar refractivity (Wildman–Crippen MR) is 128 cm³/mol. The van der Waals surface area contributed by atoms with Crippen LogP contribution in [-0.2, 0) is 11.2 Å². The highest BCUT2D eigenvalue weighted by atomic mass is 35.5. The molecule has 7 nitrogen and oxygen atoms in total. The smallest absolute Gasteiger partial charge is 0.319 e. The molecule has 8 heteroatoms. The summed E-state index contributed by atoms with van der Waals surface area (Å²) < 4.78 is 0. The van der Waals surface area contributed by atoms with Crippen LogP contribution in [0.4, 0.5) is 10.5 Å². The minimum atomic E-state index is -0.213. The monoisotopic (exact) mass is 457 g/mol. The number of hydrogen-bond acceptors (Lipinski definition) is 4. The lowest BCUT2D eigenvalue weighted by atomic mass is 10.0. The summed E-state index contributed by atoms with van der Waals surface area (Å²) >= 11 is 6.19. The van der Waals surface area contributed by atoms with Crippen molar-refractivity contribution in [2.45, 2.75) is 39.2 Å². The Hall–Kier alpha value is -2.64. The van der Waals surface area contributed by atoms with E-state index in [1.165, 1.54) is 0 Å². The molecule has 1 saturated heterocycles. The quantitative estimate of drug-likeness (QED) is 0.665. The summed E-state index contributed by atoms with van der Waals surface area (Å²) in [6, 6.07) is 11.2. The fraction of sp³-hybridized carbons (Fsp3) is 0.458. The Morgan fingerprint density at radius 3 is 2.47 bits per heavy atom. The highest BCUT2D eigenvalue weighted by Crippen LogP contribution is 2.19. The first-order valence-corrected chi connectivity index (χ1v) is 11.4. The van der Waals surface area contributed by atoms with Gasteiger partial charge in [0.05, 0.1) is 6.42 Å². The summed E-state index contributed by atoms with van der Waals surface area (Å²) in [5.41, 5.74) is 3.36. The van der Waals surface area contributed by atoms with Crippen molar-refractivity contribution in [1.29, 1.82) is 0 Å². The number of amides is 3. The minimum absolute atomic E-state index is 0.0940. The van der Waals surface area contributed by atoms with Gasteiger partial charge < -0.3 is 20.4 Å². The van der Waals surface area contributed by atoms with Crippen molar-refractivity contribution in [3.63, 3.8) is 0 Å². The summed E-state index contributed by atoms with van der Waals surface area (Å²) in [6.07, 6.45) is 2.17. The van der Waals surface area contributed by atoms with E-state index < -0.39 is 0 Å². The number of aromatic nitrogens is 1. The Balaban J connectivity index is 1.36. The number of anilines is 1. The number of nitrogens with zero attached hydrogens (tertiary/aromatic N) is 3. The molecule has 1 aliphatic rings. The van der Waals surface area contributed by atoms with Gasteiger partial charge >= 0.3 is 6.03 Å². The third-order valence-electron chi connectivity index (χ3n) is 5.85. The van der Waals surface area contributed by atoms with Crippen LogP contribution in [0.3, 0.4) is 0 Å². The number of aryl methyl sites for hydroxylation is 2. The lowest BCUT2D eigenvalue weighted by molar-refractivity contribution is -0.132. The Kier molecular flexibility index (Phi) is 8.47. The van der Waals surface area contributed by atoms with Crippen LogP contribution in [0.25, 0.3) is 0 Å². The van der Waals surface area contributed by atoms with Gasteiger partial charge in [-0.25, -0.2) is 4.79 Å². The van der Waals surface area contributed by atoms with Crippen LogP contribution in [0.2, 0.25) is 5.02 Å². The molecule has 0 unspecified atom stereocenters. The zero-order valence-electron chi connectivity index (χ0n) is 19.0. The number of carbonyl (C=O) groups excluding carboxylic acids is 2. The third-order valence-corrected chi connectivity index (χ3v) is 6.22. The molecule has 1 aliphatic heterocycles. The van der Waals surface area contributed by atoms with Crippen molar-refractivity contribution in [2.24, 2.45) is 0 Å². The normalized spacial score (nSPS) is 14.8. The van der Waals surface area contributed by atoms with Gasteiger partial charge in [-0.15, -0.1) is 0 Å². The highest BCUT2D eigenvalue weighted by molar-refractivity contribution is 6.31. The molecule has 2 aromatic rings. The molecule has 0 radical (unpaired) electrons. The molecule has 1 aromatic heterocycles. The average molecular weight is 458 g/mol. The molecule has 3 amide bonds. The fourth-order valence-corrected chi connectivity index (χ4v) is 4.28. The Bertz CT molecular complexity index is 923. The van der Waals surface area contributed by atoms with Crippen LogP contribution in [0.1, 0.15) is 29.8 Å². The maximum Gasteiger partial charge on any atom is 0.319 e. The van der Waals surface area contributed by atoms with Crippen molar-refractivity contribution in [3.8, 4) is 0 Å². The predicted octanol–water partition coefficient (Wildman–Crippen LogP) is 3.64. The van der Waals surface area contributed by atoms with Crippen molar-refractivity contribution >= 4 is 29.2 Å². The number of pyridine rings is 1. The number of hydrogen-bond donors (Lipinski definition) is 2. The number of likely N-dealkylation sites (N-methyl/N-ethyl adjacent to an activating group) is 1. The first-order chi connectivity index (χ1) is 15.3. The summed E-state index contributed by atoms with van der Waals surface area (Å²) in [6.45, 7) is 6.97. The Morgan fingerprint density at radius 1 is 1.16 bits per heavy atom. The average Bonchev–Trinajstić information content (AvgIpc) is 2.74. The van der Waals surface area contributed by atoms with Gasteiger partial charge in [-0.05, 0) is 50.5 Å². The van der Waals surface area contributed by atoms with Crippen molar-refractivity contribution in [1.82, 2.24) is 20.1 Å². The number of nitrogens with one attached hydrogen (secondary N) is 2. The van der Waals surface area contributed by atoms with E-state index in [-0.39, 0.29) is 18.0 Å². The van der Waals surface area contributed by atoms with Gasteiger partial charge in [0.25, 0.3) is 0 Å². The molecular formula is C24H32ClN5O2. The van der Waals surface area contributed by atoms with Gasteiger partial charge in [0, 0.05) is 61.4 Å². The molecule has 1 aromatic carbocycles. The Morgan fingerprint density at radius 2 is 1.81 bits per heavy atom. The maximum absolute atomic E-state index is 12.7. The molecule has 0 saturated carbocycles. The topological polar surface area (TPSA) is 77.6 Å². The van der Waals surface area contributed by atoms with E-state index in [1.807, 2.05) is 62.2 Å². The summed E-state index contributed by atoms with van der Waals surface area (Å²) in [5, 5.41) is 6.40. The molecule has 0 aliphatic carbocycles. The van der Waals surface area contributed by atoms with E-state index in [2.05, 4.69) is 20.5 Å². The number of carbonyl (C=O) groups is 2. The molecule has 0 bridgehead atoms. The third kappa shape index (κ3) is 6.93. The molecule has 32 heavy (non-hydrogen) atoms. The summed E-state index contributed by atoms with van der Waals surface area (Å²) in [4.78, 5) is 33.3. The largest absolute Gasteiger partial charge is 0.342 e. The number of urea groups is 1. The number of likely N-dealkylation sites (tertiary alicyclic amines) is 1. The number of rotatable bonds is 7. The van der Waals surface area contributed by atoms with E-state index >= 15 is 0 Å². The molecule has 0 spiro atoms. The lowest BCUT2D eigenvalue weighted by Gasteiger charge is -2.36. The van der Waals surface area contributed by atoms with E-state index in [9.17, 15) is 9.59 Å². The second-order valence-corrected chi connectivity index (χ2v) is 8.77. The van der Waals surface area contributed by atoms with Crippen molar-refractivity contribution < 1.29 is 9.59 Å². The summed E-state index contributed by atoms with van der Waals surface area (Å²) in [5.74, 6) is 0.0940. The van der Waals surface area contributed by atoms with E-state index in [4.69, 9.17) is 11.6 Å². The van der Waals surface area contributed by atoms with Crippen molar-refractivity contribution in [2.75, 3.05) is 38.5 Å². The molecule has 2 heterocycles. The van der Waals surface area contributed by atoms with E-state index in [0.29, 0.717) is 18.0 Å². The van der Waals surface area contributed by atoms with Gasteiger partial charge in [-0.1, -0.05) is 29.8 Å². The first kappa shape index (κ1) is 24.0.